The van der Waals surface area contributed by atoms with Gasteiger partial charge in [-0.2, -0.15) is 0 Å². The van der Waals surface area contributed by atoms with Crippen LogP contribution in [0.3, 0.4) is 0 Å². The molecule has 1 heterocycles. The Hall–Kier alpha value is -0.930. The highest BCUT2D eigenvalue weighted by Gasteiger charge is 2.36. The van der Waals surface area contributed by atoms with E-state index >= 15 is 0 Å². The Morgan fingerprint density at radius 3 is 2.77 bits per heavy atom. The number of nitrogens with zero attached hydrogens (tertiary/aromatic N) is 2. The summed E-state index contributed by atoms with van der Waals surface area (Å²) in [6, 6.07) is 0.626. The second kappa shape index (κ2) is 3.44. The van der Waals surface area contributed by atoms with Crippen molar-refractivity contribution in [2.45, 2.75) is 38.1 Å². The van der Waals surface area contributed by atoms with E-state index in [9.17, 15) is 0 Å². The van der Waals surface area contributed by atoms with Gasteiger partial charge in [-0.3, -0.25) is 0 Å². The van der Waals surface area contributed by atoms with E-state index in [-0.39, 0.29) is 0 Å². The highest BCUT2D eigenvalue weighted by molar-refractivity contribution is 5.78. The van der Waals surface area contributed by atoms with Crippen LogP contribution in [0.2, 0.25) is 0 Å². The van der Waals surface area contributed by atoms with E-state index in [1.54, 1.807) is 0 Å². The van der Waals surface area contributed by atoms with Gasteiger partial charge in [0.1, 0.15) is 0 Å². The molecular formula is C9H18N4. The Bertz CT molecular complexity index is 214. The van der Waals surface area contributed by atoms with Gasteiger partial charge < -0.3 is 16.5 Å². The molecule has 2 atom stereocenters. The Morgan fingerprint density at radius 1 is 1.23 bits per heavy atom. The van der Waals surface area contributed by atoms with Crippen molar-refractivity contribution in [2.24, 2.45) is 22.6 Å². The third-order valence-corrected chi connectivity index (χ3v) is 3.44. The monoisotopic (exact) mass is 182 g/mol. The first-order valence-corrected chi connectivity index (χ1v) is 5.13. The maximum Gasteiger partial charge on any atom is 0.213 e. The fourth-order valence-corrected chi connectivity index (χ4v) is 2.76. The fraction of sp³-hybridized carbons (Fsp3) is 0.889. The summed E-state index contributed by atoms with van der Waals surface area (Å²) in [5.41, 5.74) is 5.74. The summed E-state index contributed by atoms with van der Waals surface area (Å²) in [5.74, 6) is 6.56. The van der Waals surface area contributed by atoms with Gasteiger partial charge in [0, 0.05) is 12.6 Å². The molecular weight excluding hydrogens is 164 g/mol. The number of likely N-dealkylation sites (tertiary alicyclic amines) is 1. The van der Waals surface area contributed by atoms with Crippen LogP contribution < -0.4 is 11.6 Å². The van der Waals surface area contributed by atoms with Crippen LogP contribution in [-0.2, 0) is 0 Å². The van der Waals surface area contributed by atoms with Gasteiger partial charge in [0.15, 0.2) is 0 Å². The summed E-state index contributed by atoms with van der Waals surface area (Å²) < 4.78 is 0. The zero-order valence-electron chi connectivity index (χ0n) is 7.95. The molecule has 0 amide bonds. The molecule has 2 fully saturated rings. The van der Waals surface area contributed by atoms with Crippen LogP contribution in [0.1, 0.15) is 32.1 Å². The molecule has 0 aromatic carbocycles. The fourth-order valence-electron chi connectivity index (χ4n) is 2.76. The molecule has 13 heavy (non-hydrogen) atoms. The maximum absolute atomic E-state index is 5.74. The normalized spacial score (nSPS) is 34.8. The van der Waals surface area contributed by atoms with E-state index in [2.05, 4.69) is 10.0 Å². The molecule has 0 radical (unpaired) electrons. The lowest BCUT2D eigenvalue weighted by Crippen LogP contribution is -2.43. The summed E-state index contributed by atoms with van der Waals surface area (Å²) in [5, 5.41) is 3.58. The average molecular weight is 182 g/mol. The van der Waals surface area contributed by atoms with Crippen molar-refractivity contribution in [2.75, 3.05) is 6.54 Å². The topological polar surface area (TPSA) is 67.6 Å². The highest BCUT2D eigenvalue weighted by atomic mass is 15.3. The summed E-state index contributed by atoms with van der Waals surface area (Å²) >= 11 is 0. The first kappa shape index (κ1) is 8.66. The molecule has 4 N–H and O–H groups in total. The van der Waals surface area contributed by atoms with Crippen LogP contribution in [-0.4, -0.2) is 23.4 Å². The minimum Gasteiger partial charge on any atom is -0.368 e. The molecule has 4 nitrogen and oxygen atoms in total. The van der Waals surface area contributed by atoms with Gasteiger partial charge in [-0.15, -0.1) is 5.10 Å². The SMILES string of the molecule is NN=C(N)N1CCC2CCCCC21. The van der Waals surface area contributed by atoms with Crippen molar-refractivity contribution in [1.29, 1.82) is 0 Å². The third kappa shape index (κ3) is 1.45. The van der Waals surface area contributed by atoms with Crippen LogP contribution in [0.25, 0.3) is 0 Å². The Kier molecular flexibility index (Phi) is 2.29. The molecule has 1 saturated heterocycles. The van der Waals surface area contributed by atoms with Crippen molar-refractivity contribution in [3.63, 3.8) is 0 Å². The number of hydrazone groups is 1. The van der Waals surface area contributed by atoms with Gasteiger partial charge in [-0.25, -0.2) is 0 Å². The van der Waals surface area contributed by atoms with Crippen LogP contribution in [0, 0.1) is 5.92 Å². The van der Waals surface area contributed by atoms with E-state index in [0.717, 1.165) is 12.5 Å². The number of rotatable bonds is 0. The van der Waals surface area contributed by atoms with Gasteiger partial charge in [-0.1, -0.05) is 12.8 Å². The highest BCUT2D eigenvalue weighted by Crippen LogP contribution is 2.35. The number of nitrogens with two attached hydrogens (primary N) is 2. The Morgan fingerprint density at radius 2 is 2.00 bits per heavy atom. The van der Waals surface area contributed by atoms with E-state index in [1.807, 2.05) is 0 Å². The largest absolute Gasteiger partial charge is 0.368 e. The quantitative estimate of drug-likeness (QED) is 0.247. The van der Waals surface area contributed by atoms with Gasteiger partial charge >= 0.3 is 0 Å². The van der Waals surface area contributed by atoms with E-state index < -0.39 is 0 Å². The lowest BCUT2D eigenvalue weighted by molar-refractivity contribution is 0.252. The van der Waals surface area contributed by atoms with Gasteiger partial charge in [0.2, 0.25) is 5.96 Å². The van der Waals surface area contributed by atoms with Crippen molar-refractivity contribution >= 4 is 5.96 Å². The molecule has 1 saturated carbocycles. The summed E-state index contributed by atoms with van der Waals surface area (Å²) in [6.07, 6.45) is 6.60. The van der Waals surface area contributed by atoms with Gasteiger partial charge in [0.25, 0.3) is 0 Å². The molecule has 0 spiro atoms. The predicted octanol–water partition coefficient (Wildman–Crippen LogP) is 0.439. The lowest BCUT2D eigenvalue weighted by atomic mass is 9.85. The zero-order valence-corrected chi connectivity index (χ0v) is 7.95. The molecule has 0 aromatic rings. The van der Waals surface area contributed by atoms with Gasteiger partial charge in [-0.05, 0) is 25.2 Å². The molecule has 1 aliphatic carbocycles. The number of hydrogen-bond donors (Lipinski definition) is 2. The van der Waals surface area contributed by atoms with Crippen molar-refractivity contribution in [1.82, 2.24) is 4.90 Å². The summed E-state index contributed by atoms with van der Waals surface area (Å²) in [4.78, 5) is 2.18. The van der Waals surface area contributed by atoms with Gasteiger partial charge in [0.05, 0.1) is 0 Å². The Labute approximate surface area is 79.0 Å². The zero-order chi connectivity index (χ0) is 9.26. The molecule has 1 aliphatic heterocycles. The second-order valence-corrected chi connectivity index (χ2v) is 4.08. The summed E-state index contributed by atoms with van der Waals surface area (Å²) in [7, 11) is 0. The predicted molar refractivity (Wildman–Crippen MR) is 52.9 cm³/mol. The maximum atomic E-state index is 5.74. The van der Waals surface area contributed by atoms with Crippen LogP contribution in [0.5, 0.6) is 0 Å². The van der Waals surface area contributed by atoms with E-state index in [0.29, 0.717) is 12.0 Å². The molecule has 2 aliphatic rings. The van der Waals surface area contributed by atoms with E-state index in [1.165, 1.54) is 32.1 Å². The van der Waals surface area contributed by atoms with Crippen LogP contribution in [0.15, 0.2) is 5.10 Å². The van der Waals surface area contributed by atoms with Crippen LogP contribution >= 0.6 is 0 Å². The second-order valence-electron chi connectivity index (χ2n) is 4.08. The first-order chi connectivity index (χ1) is 6.33. The lowest BCUT2D eigenvalue weighted by Gasteiger charge is -2.31. The number of fused-ring (bicyclic) bond motifs is 1. The minimum atomic E-state index is 0.523. The molecule has 2 rings (SSSR count). The third-order valence-electron chi connectivity index (χ3n) is 3.44. The smallest absolute Gasteiger partial charge is 0.213 e. The average Bonchev–Trinajstić information content (AvgIpc) is 2.60. The molecule has 74 valence electrons. The minimum absolute atomic E-state index is 0.523. The number of hydrogen-bond acceptors (Lipinski definition) is 2. The number of guanidine groups is 1. The van der Waals surface area contributed by atoms with E-state index in [4.69, 9.17) is 11.6 Å². The standard InChI is InChI=1S/C9H18N4/c10-9(12-11)13-6-5-7-3-1-2-4-8(7)13/h7-8H,1-6,11H2,(H2,10,12). The van der Waals surface area contributed by atoms with Crippen molar-refractivity contribution in [3.05, 3.63) is 0 Å². The molecule has 2 unspecified atom stereocenters. The molecule has 4 heteroatoms. The first-order valence-electron chi connectivity index (χ1n) is 5.13. The van der Waals surface area contributed by atoms with Crippen molar-refractivity contribution < 1.29 is 0 Å². The Balaban J connectivity index is 2.06. The molecule has 0 aromatic heterocycles. The summed E-state index contributed by atoms with van der Waals surface area (Å²) in [6.45, 7) is 1.04. The van der Waals surface area contributed by atoms with Crippen molar-refractivity contribution in [3.8, 4) is 0 Å². The molecule has 0 bridgehead atoms. The van der Waals surface area contributed by atoms with Crippen LogP contribution in [0.4, 0.5) is 0 Å².